The number of fused-ring (bicyclic) bond motifs is 1. The van der Waals surface area contributed by atoms with Gasteiger partial charge in [-0.25, -0.2) is 4.98 Å². The number of nitrogens with one attached hydrogen (secondary N) is 3. The zero-order chi connectivity index (χ0) is 17.2. The van der Waals surface area contributed by atoms with E-state index in [9.17, 15) is 0 Å². The van der Waals surface area contributed by atoms with Gasteiger partial charge in [0.2, 0.25) is 5.95 Å². The summed E-state index contributed by atoms with van der Waals surface area (Å²) >= 11 is 0. The quantitative estimate of drug-likeness (QED) is 0.515. The van der Waals surface area contributed by atoms with Crippen molar-refractivity contribution in [2.24, 2.45) is 0 Å². The van der Waals surface area contributed by atoms with Crippen LogP contribution in [0.3, 0.4) is 0 Å². The van der Waals surface area contributed by atoms with Gasteiger partial charge in [0.15, 0.2) is 5.65 Å². The molecule has 0 saturated heterocycles. The smallest absolute Gasteiger partial charge is 0.229 e. The van der Waals surface area contributed by atoms with Gasteiger partial charge >= 0.3 is 0 Å². The number of hydrogen-bond acceptors (Lipinski definition) is 5. The summed E-state index contributed by atoms with van der Waals surface area (Å²) in [7, 11) is 0. The molecule has 4 rings (SSSR count). The van der Waals surface area contributed by atoms with Crippen molar-refractivity contribution in [2.75, 3.05) is 10.6 Å². The highest BCUT2D eigenvalue weighted by Gasteiger charge is 2.11. The van der Waals surface area contributed by atoms with E-state index in [1.54, 1.807) is 6.20 Å². The normalized spacial score (nSPS) is 10.8. The molecule has 0 aliphatic heterocycles. The first-order chi connectivity index (χ1) is 12.2. The first-order valence-electron chi connectivity index (χ1n) is 8.07. The Balaban J connectivity index is 1.64. The average molecular weight is 330 g/mol. The lowest BCUT2D eigenvalue weighted by Crippen LogP contribution is -1.98. The third-order valence-corrected chi connectivity index (χ3v) is 4.07. The summed E-state index contributed by atoms with van der Waals surface area (Å²) in [4.78, 5) is 8.87. The number of aromatic amines is 1. The highest BCUT2D eigenvalue weighted by molar-refractivity contribution is 5.89. The number of hydrogen-bond donors (Lipinski definition) is 3. The van der Waals surface area contributed by atoms with Gasteiger partial charge in [-0.1, -0.05) is 36.4 Å². The van der Waals surface area contributed by atoms with Crippen LogP contribution >= 0.6 is 0 Å². The number of anilines is 4. The Kier molecular flexibility index (Phi) is 3.78. The standard InChI is InChI=1S/C19H18N6/c1-12-7-6-8-13(2)16(12)22-17-15-11-20-19(23-18(15)25-24-17)21-14-9-4-3-5-10-14/h3-11H,1-2H3,(H3,20,21,22,23,24,25). The summed E-state index contributed by atoms with van der Waals surface area (Å²) in [6.45, 7) is 4.15. The molecule has 6 nitrogen and oxygen atoms in total. The van der Waals surface area contributed by atoms with E-state index in [4.69, 9.17) is 0 Å². The molecule has 2 aromatic heterocycles. The largest absolute Gasteiger partial charge is 0.340 e. The van der Waals surface area contributed by atoms with Gasteiger partial charge in [0.25, 0.3) is 0 Å². The van der Waals surface area contributed by atoms with E-state index >= 15 is 0 Å². The third kappa shape index (κ3) is 3.01. The van der Waals surface area contributed by atoms with E-state index in [1.165, 1.54) is 11.1 Å². The highest BCUT2D eigenvalue weighted by atomic mass is 15.2. The molecule has 0 radical (unpaired) electrons. The third-order valence-electron chi connectivity index (χ3n) is 4.07. The lowest BCUT2D eigenvalue weighted by Gasteiger charge is -2.11. The van der Waals surface area contributed by atoms with E-state index < -0.39 is 0 Å². The molecule has 0 fully saturated rings. The maximum absolute atomic E-state index is 4.47. The number of nitrogens with zero attached hydrogens (tertiary/aromatic N) is 3. The molecular formula is C19H18N6. The second-order valence-corrected chi connectivity index (χ2v) is 5.91. The van der Waals surface area contributed by atoms with Crippen molar-refractivity contribution in [1.82, 2.24) is 20.2 Å². The Bertz CT molecular complexity index is 1000. The van der Waals surface area contributed by atoms with E-state index in [-0.39, 0.29) is 0 Å². The van der Waals surface area contributed by atoms with Crippen molar-refractivity contribution in [1.29, 1.82) is 0 Å². The van der Waals surface area contributed by atoms with Crippen LogP contribution in [0.5, 0.6) is 0 Å². The van der Waals surface area contributed by atoms with Gasteiger partial charge in [0.1, 0.15) is 5.82 Å². The van der Waals surface area contributed by atoms with Crippen molar-refractivity contribution in [2.45, 2.75) is 13.8 Å². The fourth-order valence-electron chi connectivity index (χ4n) is 2.75. The molecule has 3 N–H and O–H groups in total. The van der Waals surface area contributed by atoms with E-state index in [1.807, 2.05) is 36.4 Å². The SMILES string of the molecule is Cc1cccc(C)c1Nc1[nH]nc2nc(Nc3ccccc3)ncc12. The van der Waals surface area contributed by atoms with Crippen molar-refractivity contribution >= 4 is 34.2 Å². The second-order valence-electron chi connectivity index (χ2n) is 5.91. The fourth-order valence-corrected chi connectivity index (χ4v) is 2.75. The molecule has 0 aliphatic rings. The molecule has 4 aromatic rings. The topological polar surface area (TPSA) is 78.5 Å². The zero-order valence-electron chi connectivity index (χ0n) is 14.0. The molecule has 0 spiro atoms. The molecule has 6 heteroatoms. The summed E-state index contributed by atoms with van der Waals surface area (Å²) in [5, 5.41) is 14.8. The van der Waals surface area contributed by atoms with Crippen LogP contribution in [0.15, 0.2) is 54.7 Å². The van der Waals surface area contributed by atoms with Gasteiger partial charge in [-0.15, -0.1) is 0 Å². The molecule has 0 saturated carbocycles. The van der Waals surface area contributed by atoms with Gasteiger partial charge in [-0.2, -0.15) is 10.1 Å². The fraction of sp³-hybridized carbons (Fsp3) is 0.105. The summed E-state index contributed by atoms with van der Waals surface area (Å²) < 4.78 is 0. The average Bonchev–Trinajstić information content (AvgIpc) is 3.01. The van der Waals surface area contributed by atoms with Crippen LogP contribution in [0.4, 0.5) is 23.1 Å². The maximum Gasteiger partial charge on any atom is 0.229 e. The number of H-pyrrole nitrogens is 1. The van der Waals surface area contributed by atoms with Crippen molar-refractivity contribution in [3.05, 3.63) is 65.9 Å². The molecule has 2 aromatic carbocycles. The van der Waals surface area contributed by atoms with Gasteiger partial charge in [-0.3, -0.25) is 5.10 Å². The van der Waals surface area contributed by atoms with Gasteiger partial charge in [-0.05, 0) is 37.1 Å². The van der Waals surface area contributed by atoms with Crippen molar-refractivity contribution in [3.8, 4) is 0 Å². The Morgan fingerprint density at radius 3 is 2.40 bits per heavy atom. The first kappa shape index (κ1) is 15.1. The minimum Gasteiger partial charge on any atom is -0.340 e. The van der Waals surface area contributed by atoms with Crippen LogP contribution in [0, 0.1) is 13.8 Å². The first-order valence-corrected chi connectivity index (χ1v) is 8.07. The van der Waals surface area contributed by atoms with Crippen molar-refractivity contribution in [3.63, 3.8) is 0 Å². The van der Waals surface area contributed by atoms with Gasteiger partial charge < -0.3 is 10.6 Å². The van der Waals surface area contributed by atoms with Gasteiger partial charge in [0, 0.05) is 17.6 Å². The number of para-hydroxylation sites is 2. The van der Waals surface area contributed by atoms with Crippen LogP contribution < -0.4 is 10.6 Å². The Morgan fingerprint density at radius 1 is 0.880 bits per heavy atom. The van der Waals surface area contributed by atoms with Gasteiger partial charge in [0.05, 0.1) is 5.39 Å². The molecule has 2 heterocycles. The molecule has 0 unspecified atom stereocenters. The Morgan fingerprint density at radius 2 is 1.64 bits per heavy atom. The summed E-state index contributed by atoms with van der Waals surface area (Å²) in [6.07, 6.45) is 1.77. The summed E-state index contributed by atoms with van der Waals surface area (Å²) in [5.74, 6) is 1.31. The minimum absolute atomic E-state index is 0.517. The lowest BCUT2D eigenvalue weighted by molar-refractivity contribution is 1.09. The molecule has 0 bridgehead atoms. The van der Waals surface area contributed by atoms with E-state index in [2.05, 4.69) is 56.8 Å². The van der Waals surface area contributed by atoms with E-state index in [0.29, 0.717) is 11.6 Å². The van der Waals surface area contributed by atoms with E-state index in [0.717, 1.165) is 22.6 Å². The van der Waals surface area contributed by atoms with Crippen LogP contribution in [-0.2, 0) is 0 Å². The molecule has 0 amide bonds. The number of benzene rings is 2. The minimum atomic E-state index is 0.517. The highest BCUT2D eigenvalue weighted by Crippen LogP contribution is 2.27. The van der Waals surface area contributed by atoms with Crippen LogP contribution in [-0.4, -0.2) is 20.2 Å². The molecule has 0 aliphatic carbocycles. The second kappa shape index (κ2) is 6.24. The Labute approximate surface area is 145 Å². The maximum atomic E-state index is 4.47. The zero-order valence-corrected chi connectivity index (χ0v) is 14.0. The molecule has 0 atom stereocenters. The molecule has 124 valence electrons. The lowest BCUT2D eigenvalue weighted by atomic mass is 10.1. The Hall–Kier alpha value is -3.41. The van der Waals surface area contributed by atoms with Crippen molar-refractivity contribution < 1.29 is 0 Å². The monoisotopic (exact) mass is 330 g/mol. The van der Waals surface area contributed by atoms with Crippen LogP contribution in [0.1, 0.15) is 11.1 Å². The number of aromatic nitrogens is 4. The summed E-state index contributed by atoms with van der Waals surface area (Å²) in [5.41, 5.74) is 4.96. The van der Waals surface area contributed by atoms with Crippen LogP contribution in [0.25, 0.3) is 11.0 Å². The number of aryl methyl sites for hydroxylation is 2. The summed E-state index contributed by atoms with van der Waals surface area (Å²) in [6, 6.07) is 16.0. The predicted molar refractivity (Wildman–Crippen MR) is 101 cm³/mol. The molecular weight excluding hydrogens is 312 g/mol. The number of rotatable bonds is 4. The van der Waals surface area contributed by atoms with Crippen LogP contribution in [0.2, 0.25) is 0 Å². The molecule has 25 heavy (non-hydrogen) atoms. The predicted octanol–water partition coefficient (Wildman–Crippen LogP) is 4.46.